The van der Waals surface area contributed by atoms with Crippen LogP contribution in [-0.4, -0.2) is 20.4 Å². The van der Waals surface area contributed by atoms with Crippen molar-refractivity contribution in [2.75, 3.05) is 9.62 Å². The fourth-order valence-electron chi connectivity index (χ4n) is 3.69. The predicted molar refractivity (Wildman–Crippen MR) is 120 cm³/mol. The van der Waals surface area contributed by atoms with E-state index < -0.39 is 10.0 Å². The molecule has 4 rings (SSSR count). The van der Waals surface area contributed by atoms with Gasteiger partial charge in [0.25, 0.3) is 15.9 Å². The summed E-state index contributed by atoms with van der Waals surface area (Å²) in [5, 5.41) is 0.0565. The topological polar surface area (TPSA) is 66.5 Å². The largest absolute Gasteiger partial charge is 0.305 e. The SMILES string of the molecule is Cc1ccc(NS(=O)(=O)c2cc(C(=O)N3c4ccccc4C[C@H]3C)ccc2Cl)cc1. The number of amides is 1. The molecule has 0 unspecified atom stereocenters. The Morgan fingerprint density at radius 1 is 1.07 bits per heavy atom. The molecule has 1 aliphatic heterocycles. The maximum atomic E-state index is 13.3. The Morgan fingerprint density at radius 2 is 1.77 bits per heavy atom. The van der Waals surface area contributed by atoms with Crippen LogP contribution in [0.4, 0.5) is 11.4 Å². The number of para-hydroxylation sites is 1. The highest BCUT2D eigenvalue weighted by Crippen LogP contribution is 2.34. The lowest BCUT2D eigenvalue weighted by atomic mass is 10.1. The third-order valence-corrected chi connectivity index (χ3v) is 7.06. The minimum atomic E-state index is -3.96. The van der Waals surface area contributed by atoms with Gasteiger partial charge in [0.1, 0.15) is 4.90 Å². The zero-order valence-electron chi connectivity index (χ0n) is 16.6. The molecule has 3 aromatic carbocycles. The zero-order valence-corrected chi connectivity index (χ0v) is 18.2. The first-order valence-corrected chi connectivity index (χ1v) is 11.4. The first kappa shape index (κ1) is 20.4. The van der Waals surface area contributed by atoms with E-state index in [1.54, 1.807) is 23.1 Å². The quantitative estimate of drug-likeness (QED) is 0.618. The average Bonchev–Trinajstić information content (AvgIpc) is 3.05. The fraction of sp³-hybridized carbons (Fsp3) is 0.174. The number of sulfonamides is 1. The molecule has 0 fully saturated rings. The zero-order chi connectivity index (χ0) is 21.5. The van der Waals surface area contributed by atoms with Gasteiger partial charge in [0.2, 0.25) is 0 Å². The van der Waals surface area contributed by atoms with E-state index in [1.807, 2.05) is 50.2 Å². The van der Waals surface area contributed by atoms with Crippen LogP contribution >= 0.6 is 11.6 Å². The monoisotopic (exact) mass is 440 g/mol. The standard InChI is InChI=1S/C23H21ClN2O3S/c1-15-7-10-19(11-8-15)25-30(28,29)22-14-18(9-12-20(22)24)23(27)26-16(2)13-17-5-3-4-6-21(17)26/h3-12,14,16,25H,13H2,1-2H3/t16-/m1/s1. The maximum Gasteiger partial charge on any atom is 0.263 e. The van der Waals surface area contributed by atoms with Crippen LogP contribution < -0.4 is 9.62 Å². The minimum Gasteiger partial charge on any atom is -0.305 e. The van der Waals surface area contributed by atoms with Gasteiger partial charge in [-0.2, -0.15) is 0 Å². The van der Waals surface area contributed by atoms with Gasteiger partial charge in [0.05, 0.1) is 5.02 Å². The summed E-state index contributed by atoms with van der Waals surface area (Å²) < 4.78 is 28.4. The van der Waals surface area contributed by atoms with Gasteiger partial charge in [-0.05, 0) is 62.2 Å². The van der Waals surface area contributed by atoms with E-state index >= 15 is 0 Å². The third kappa shape index (κ3) is 3.80. The molecule has 0 spiro atoms. The summed E-state index contributed by atoms with van der Waals surface area (Å²) in [5.74, 6) is -0.254. The molecule has 1 aliphatic rings. The molecule has 0 bridgehead atoms. The molecule has 7 heteroatoms. The van der Waals surface area contributed by atoms with Crippen LogP contribution in [0.25, 0.3) is 0 Å². The molecule has 1 heterocycles. The van der Waals surface area contributed by atoms with Crippen molar-refractivity contribution in [2.45, 2.75) is 31.2 Å². The lowest BCUT2D eigenvalue weighted by Crippen LogP contribution is -2.35. The van der Waals surface area contributed by atoms with E-state index in [4.69, 9.17) is 11.6 Å². The Hall–Kier alpha value is -2.83. The molecule has 0 radical (unpaired) electrons. The Morgan fingerprint density at radius 3 is 2.50 bits per heavy atom. The number of aryl methyl sites for hydroxylation is 1. The molecular weight excluding hydrogens is 420 g/mol. The van der Waals surface area contributed by atoms with Crippen LogP contribution in [-0.2, 0) is 16.4 Å². The molecule has 154 valence electrons. The van der Waals surface area contributed by atoms with E-state index in [-0.39, 0.29) is 27.4 Å². The van der Waals surface area contributed by atoms with Gasteiger partial charge in [0, 0.05) is 23.0 Å². The van der Waals surface area contributed by atoms with Crippen molar-refractivity contribution in [3.8, 4) is 0 Å². The van der Waals surface area contributed by atoms with Gasteiger partial charge < -0.3 is 4.90 Å². The smallest absolute Gasteiger partial charge is 0.263 e. The first-order chi connectivity index (χ1) is 14.3. The molecule has 1 atom stereocenters. The van der Waals surface area contributed by atoms with E-state index in [9.17, 15) is 13.2 Å². The normalized spacial score (nSPS) is 15.7. The lowest BCUT2D eigenvalue weighted by Gasteiger charge is -2.23. The Labute approximate surface area is 181 Å². The number of hydrogen-bond acceptors (Lipinski definition) is 3. The van der Waals surface area contributed by atoms with Crippen LogP contribution in [0.15, 0.2) is 71.6 Å². The molecule has 30 heavy (non-hydrogen) atoms. The van der Waals surface area contributed by atoms with Gasteiger partial charge >= 0.3 is 0 Å². The number of rotatable bonds is 4. The molecule has 0 saturated heterocycles. The first-order valence-electron chi connectivity index (χ1n) is 9.57. The van der Waals surface area contributed by atoms with Crippen molar-refractivity contribution >= 4 is 38.9 Å². The Kier molecular flexibility index (Phi) is 5.30. The molecule has 3 aromatic rings. The highest BCUT2D eigenvalue weighted by atomic mass is 35.5. The molecule has 1 amide bonds. The summed E-state index contributed by atoms with van der Waals surface area (Å²) in [6, 6.07) is 19.1. The van der Waals surface area contributed by atoms with Crippen molar-refractivity contribution in [3.63, 3.8) is 0 Å². The van der Waals surface area contributed by atoms with Crippen LogP contribution in [0.3, 0.4) is 0 Å². The summed E-state index contributed by atoms with van der Waals surface area (Å²) in [7, 11) is -3.96. The van der Waals surface area contributed by atoms with E-state index in [0.717, 1.165) is 23.2 Å². The van der Waals surface area contributed by atoms with Crippen molar-refractivity contribution in [1.82, 2.24) is 0 Å². The van der Waals surface area contributed by atoms with Crippen LogP contribution in [0.5, 0.6) is 0 Å². The number of carbonyl (C=O) groups is 1. The average molecular weight is 441 g/mol. The second kappa shape index (κ2) is 7.78. The van der Waals surface area contributed by atoms with Gasteiger partial charge in [0.15, 0.2) is 0 Å². The number of anilines is 2. The molecule has 0 aliphatic carbocycles. The molecular formula is C23H21ClN2O3S. The van der Waals surface area contributed by atoms with Gasteiger partial charge in [-0.1, -0.05) is 47.5 Å². The Bertz CT molecular complexity index is 1220. The van der Waals surface area contributed by atoms with E-state index in [0.29, 0.717) is 5.69 Å². The van der Waals surface area contributed by atoms with Gasteiger partial charge in [-0.15, -0.1) is 0 Å². The van der Waals surface area contributed by atoms with Crippen molar-refractivity contribution in [1.29, 1.82) is 0 Å². The van der Waals surface area contributed by atoms with Gasteiger partial charge in [-0.25, -0.2) is 8.42 Å². The maximum absolute atomic E-state index is 13.3. The van der Waals surface area contributed by atoms with Crippen LogP contribution in [0.2, 0.25) is 5.02 Å². The summed E-state index contributed by atoms with van der Waals surface area (Å²) in [6.45, 7) is 3.89. The number of nitrogens with one attached hydrogen (secondary N) is 1. The minimum absolute atomic E-state index is 0.0173. The number of nitrogens with zero attached hydrogens (tertiary/aromatic N) is 1. The summed E-state index contributed by atoms with van der Waals surface area (Å²) in [4.78, 5) is 14.9. The number of benzene rings is 3. The molecule has 0 aromatic heterocycles. The van der Waals surface area contributed by atoms with Gasteiger partial charge in [-0.3, -0.25) is 9.52 Å². The van der Waals surface area contributed by atoms with E-state index in [2.05, 4.69) is 4.72 Å². The second-order valence-corrected chi connectivity index (χ2v) is 9.53. The lowest BCUT2D eigenvalue weighted by molar-refractivity contribution is 0.0981. The third-order valence-electron chi connectivity index (χ3n) is 5.20. The number of carbonyl (C=O) groups excluding carboxylic acids is 1. The molecule has 5 nitrogen and oxygen atoms in total. The summed E-state index contributed by atoms with van der Waals surface area (Å²) in [6.07, 6.45) is 0.760. The molecule has 1 N–H and O–H groups in total. The summed E-state index contributed by atoms with van der Waals surface area (Å²) in [5.41, 5.74) is 3.67. The predicted octanol–water partition coefficient (Wildman–Crippen LogP) is 5.04. The van der Waals surface area contributed by atoms with Crippen LogP contribution in [0, 0.1) is 6.92 Å². The summed E-state index contributed by atoms with van der Waals surface area (Å²) >= 11 is 6.20. The number of halogens is 1. The highest BCUT2D eigenvalue weighted by molar-refractivity contribution is 7.92. The van der Waals surface area contributed by atoms with E-state index in [1.165, 1.54) is 12.1 Å². The molecule has 0 saturated carbocycles. The highest BCUT2D eigenvalue weighted by Gasteiger charge is 2.32. The number of fused-ring (bicyclic) bond motifs is 1. The van der Waals surface area contributed by atoms with Crippen molar-refractivity contribution in [2.24, 2.45) is 0 Å². The van der Waals surface area contributed by atoms with Crippen molar-refractivity contribution in [3.05, 3.63) is 88.4 Å². The number of hydrogen-bond donors (Lipinski definition) is 1. The second-order valence-electron chi connectivity index (χ2n) is 7.47. The Balaban J connectivity index is 1.68. The fourth-order valence-corrected chi connectivity index (χ4v) is 5.27. The van der Waals surface area contributed by atoms with Crippen molar-refractivity contribution < 1.29 is 13.2 Å². The van der Waals surface area contributed by atoms with Crippen LogP contribution in [0.1, 0.15) is 28.4 Å².